The third-order valence-corrected chi connectivity index (χ3v) is 7.66. The standard InChI is InChI=1S/C22H40N4.2ClH/c23-21(24-7-3-1-2-4-8-26-9-5-6-10-26)25-17-22-14-18-11-19(15-22)13-20(12-18)16-22;;/h18-20H,1-17H2,(H3,23,24,25);2*1H. The summed E-state index contributed by atoms with van der Waals surface area (Å²) in [5.74, 6) is 3.71. The Bertz CT molecular complexity index is 456. The quantitative estimate of drug-likeness (QED) is 0.317. The fourth-order valence-electron chi connectivity index (χ4n) is 6.83. The highest BCUT2D eigenvalue weighted by Gasteiger charge is 2.50. The molecule has 4 aliphatic carbocycles. The highest BCUT2D eigenvalue weighted by molar-refractivity contribution is 5.85. The molecule has 1 heterocycles. The number of nitrogens with zero attached hydrogens (tertiary/aromatic N) is 2. The molecule has 0 unspecified atom stereocenters. The van der Waals surface area contributed by atoms with Gasteiger partial charge in [0.2, 0.25) is 0 Å². The van der Waals surface area contributed by atoms with E-state index in [-0.39, 0.29) is 24.8 Å². The van der Waals surface area contributed by atoms with Gasteiger partial charge in [0.25, 0.3) is 0 Å². The first-order chi connectivity index (χ1) is 12.7. The van der Waals surface area contributed by atoms with Gasteiger partial charge in [-0.1, -0.05) is 12.8 Å². The number of halogens is 2. The molecule has 0 aromatic rings. The van der Waals surface area contributed by atoms with Crippen LogP contribution in [0.3, 0.4) is 0 Å². The first-order valence-corrected chi connectivity index (χ1v) is 11.5. The molecule has 1 aliphatic heterocycles. The summed E-state index contributed by atoms with van der Waals surface area (Å²) in [4.78, 5) is 7.40. The highest BCUT2D eigenvalue weighted by Crippen LogP contribution is 2.60. The van der Waals surface area contributed by atoms with Crippen molar-refractivity contribution in [2.75, 3.05) is 32.7 Å². The Morgan fingerprint density at radius 1 is 0.893 bits per heavy atom. The van der Waals surface area contributed by atoms with Crippen LogP contribution in [0.1, 0.15) is 77.0 Å². The molecule has 0 atom stereocenters. The van der Waals surface area contributed by atoms with E-state index in [2.05, 4.69) is 10.2 Å². The molecule has 0 aromatic carbocycles. The minimum absolute atomic E-state index is 0. The molecule has 0 spiro atoms. The summed E-state index contributed by atoms with van der Waals surface area (Å²) in [5, 5.41) is 3.36. The molecule has 28 heavy (non-hydrogen) atoms. The van der Waals surface area contributed by atoms with Gasteiger partial charge in [-0.15, -0.1) is 24.8 Å². The van der Waals surface area contributed by atoms with Crippen molar-refractivity contribution in [1.29, 1.82) is 0 Å². The average molecular weight is 434 g/mol. The summed E-state index contributed by atoms with van der Waals surface area (Å²) in [6.07, 6.45) is 16.8. The number of guanidine groups is 1. The van der Waals surface area contributed by atoms with Gasteiger partial charge in [-0.05, 0) is 107 Å². The molecule has 5 fully saturated rings. The van der Waals surface area contributed by atoms with Crippen molar-refractivity contribution in [3.05, 3.63) is 0 Å². The molecular formula is C22H42Cl2N4. The summed E-state index contributed by atoms with van der Waals surface area (Å²) in [7, 11) is 0. The number of nitrogens with one attached hydrogen (secondary N) is 1. The molecule has 3 N–H and O–H groups in total. The highest BCUT2D eigenvalue weighted by atomic mass is 35.5. The summed E-state index contributed by atoms with van der Waals surface area (Å²) in [6.45, 7) is 5.93. The number of aliphatic imine (C=N–C) groups is 1. The van der Waals surface area contributed by atoms with E-state index in [9.17, 15) is 0 Å². The van der Waals surface area contributed by atoms with Crippen molar-refractivity contribution in [1.82, 2.24) is 10.2 Å². The zero-order valence-electron chi connectivity index (χ0n) is 17.5. The van der Waals surface area contributed by atoms with Gasteiger partial charge >= 0.3 is 0 Å². The molecule has 0 amide bonds. The van der Waals surface area contributed by atoms with Crippen molar-refractivity contribution in [2.45, 2.75) is 77.0 Å². The predicted molar refractivity (Wildman–Crippen MR) is 124 cm³/mol. The minimum Gasteiger partial charge on any atom is -0.370 e. The largest absolute Gasteiger partial charge is 0.370 e. The van der Waals surface area contributed by atoms with Gasteiger partial charge in [-0.2, -0.15) is 0 Å². The molecule has 0 aromatic heterocycles. The van der Waals surface area contributed by atoms with Crippen LogP contribution in [0.15, 0.2) is 4.99 Å². The number of unbranched alkanes of at least 4 members (excludes halogenated alkanes) is 3. The second-order valence-corrected chi connectivity index (χ2v) is 10.0. The zero-order valence-corrected chi connectivity index (χ0v) is 19.2. The smallest absolute Gasteiger partial charge is 0.188 e. The van der Waals surface area contributed by atoms with Crippen LogP contribution in [0.25, 0.3) is 0 Å². The second-order valence-electron chi connectivity index (χ2n) is 10.0. The van der Waals surface area contributed by atoms with E-state index >= 15 is 0 Å². The van der Waals surface area contributed by atoms with Crippen LogP contribution in [0, 0.1) is 23.2 Å². The number of nitrogens with two attached hydrogens (primary N) is 1. The van der Waals surface area contributed by atoms with Gasteiger partial charge in [-0.25, -0.2) is 0 Å². The number of rotatable bonds is 9. The number of likely N-dealkylation sites (tertiary alicyclic amines) is 1. The minimum atomic E-state index is 0. The second kappa shape index (κ2) is 11.3. The van der Waals surface area contributed by atoms with Gasteiger partial charge < -0.3 is 16.0 Å². The van der Waals surface area contributed by atoms with Crippen molar-refractivity contribution in [3.63, 3.8) is 0 Å². The Morgan fingerprint density at radius 2 is 1.46 bits per heavy atom. The molecule has 1 saturated heterocycles. The maximum absolute atomic E-state index is 6.16. The SMILES string of the molecule is Cl.Cl.NC(=NCC12CC3CC(CC(C3)C1)C2)NCCCCCCN1CCCC1. The van der Waals surface area contributed by atoms with Crippen LogP contribution in [0.4, 0.5) is 0 Å². The Balaban J connectivity index is 0.00000140. The van der Waals surface area contributed by atoms with Gasteiger partial charge in [0.05, 0.1) is 0 Å². The molecule has 5 aliphatic rings. The monoisotopic (exact) mass is 432 g/mol. The van der Waals surface area contributed by atoms with Crippen molar-refractivity contribution in [2.24, 2.45) is 33.9 Å². The fourth-order valence-corrected chi connectivity index (χ4v) is 6.83. The van der Waals surface area contributed by atoms with E-state index in [1.807, 2.05) is 0 Å². The molecular weight excluding hydrogens is 391 g/mol. The summed E-state index contributed by atoms with van der Waals surface area (Å²) in [6, 6.07) is 0. The van der Waals surface area contributed by atoms with E-state index < -0.39 is 0 Å². The lowest BCUT2D eigenvalue weighted by Gasteiger charge is -2.56. The molecule has 6 heteroatoms. The predicted octanol–water partition coefficient (Wildman–Crippen LogP) is 4.61. The molecule has 5 rings (SSSR count). The zero-order chi connectivity index (χ0) is 17.8. The third-order valence-electron chi connectivity index (χ3n) is 7.66. The van der Waals surface area contributed by atoms with Gasteiger partial charge in [0.15, 0.2) is 5.96 Å². The Kier molecular flexibility index (Phi) is 9.69. The van der Waals surface area contributed by atoms with Crippen LogP contribution < -0.4 is 11.1 Å². The van der Waals surface area contributed by atoms with Crippen molar-refractivity contribution >= 4 is 30.8 Å². The van der Waals surface area contributed by atoms with Crippen LogP contribution in [0.5, 0.6) is 0 Å². The lowest BCUT2D eigenvalue weighted by Crippen LogP contribution is -2.48. The van der Waals surface area contributed by atoms with E-state index in [1.54, 1.807) is 0 Å². The topological polar surface area (TPSA) is 53.6 Å². The molecule has 4 bridgehead atoms. The first-order valence-electron chi connectivity index (χ1n) is 11.5. The van der Waals surface area contributed by atoms with Crippen LogP contribution in [-0.2, 0) is 0 Å². The first kappa shape index (κ1) is 24.1. The Morgan fingerprint density at radius 3 is 2.07 bits per heavy atom. The van der Waals surface area contributed by atoms with Crippen LogP contribution in [0.2, 0.25) is 0 Å². The number of hydrogen-bond donors (Lipinski definition) is 2. The van der Waals surface area contributed by atoms with Crippen molar-refractivity contribution < 1.29 is 0 Å². The van der Waals surface area contributed by atoms with E-state index in [4.69, 9.17) is 10.7 Å². The molecule has 0 radical (unpaired) electrons. The fraction of sp³-hybridized carbons (Fsp3) is 0.955. The summed E-state index contributed by atoms with van der Waals surface area (Å²) in [5.41, 5.74) is 6.67. The third kappa shape index (κ3) is 6.40. The Hall–Kier alpha value is -0.190. The van der Waals surface area contributed by atoms with Crippen LogP contribution >= 0.6 is 24.8 Å². The lowest BCUT2D eigenvalue weighted by molar-refractivity contribution is -0.0465. The molecule has 4 nitrogen and oxygen atoms in total. The summed E-state index contributed by atoms with van der Waals surface area (Å²) < 4.78 is 0. The van der Waals surface area contributed by atoms with E-state index in [1.165, 1.54) is 96.7 Å². The van der Waals surface area contributed by atoms with Gasteiger partial charge in [0.1, 0.15) is 0 Å². The Labute approximate surface area is 184 Å². The average Bonchev–Trinajstić information content (AvgIpc) is 3.11. The van der Waals surface area contributed by atoms with Crippen LogP contribution in [-0.4, -0.2) is 43.6 Å². The normalized spacial score (nSPS) is 34.1. The van der Waals surface area contributed by atoms with Gasteiger partial charge in [-0.3, -0.25) is 4.99 Å². The molecule has 4 saturated carbocycles. The lowest BCUT2D eigenvalue weighted by atomic mass is 9.49. The number of hydrogen-bond acceptors (Lipinski definition) is 2. The molecule has 164 valence electrons. The maximum Gasteiger partial charge on any atom is 0.188 e. The van der Waals surface area contributed by atoms with Crippen molar-refractivity contribution in [3.8, 4) is 0 Å². The maximum atomic E-state index is 6.16. The van der Waals surface area contributed by atoms with E-state index in [0.717, 1.165) is 30.8 Å². The van der Waals surface area contributed by atoms with E-state index in [0.29, 0.717) is 11.4 Å². The summed E-state index contributed by atoms with van der Waals surface area (Å²) >= 11 is 0. The van der Waals surface area contributed by atoms with Gasteiger partial charge in [0, 0.05) is 13.1 Å².